The summed E-state index contributed by atoms with van der Waals surface area (Å²) in [5.74, 6) is 0.374. The van der Waals surface area contributed by atoms with Crippen LogP contribution in [0.25, 0.3) is 0 Å². The topological polar surface area (TPSA) is 64.5 Å². The normalized spacial score (nSPS) is 14.5. The van der Waals surface area contributed by atoms with E-state index in [1.54, 1.807) is 0 Å². The van der Waals surface area contributed by atoms with Crippen molar-refractivity contribution in [3.8, 4) is 6.07 Å². The summed E-state index contributed by atoms with van der Waals surface area (Å²) in [5, 5.41) is 19.1. The van der Waals surface area contributed by atoms with E-state index in [1.165, 1.54) is 0 Å². The second kappa shape index (κ2) is 5.52. The quantitative estimate of drug-likeness (QED) is 0.771. The zero-order chi connectivity index (χ0) is 11.3. The van der Waals surface area contributed by atoms with Crippen LogP contribution < -0.4 is 5.32 Å². The minimum Gasteiger partial charge on any atom is -0.296 e. The number of aryl methyl sites for hydroxylation is 1. The Hall–Kier alpha value is -1.34. The van der Waals surface area contributed by atoms with Gasteiger partial charge in [-0.05, 0) is 18.9 Å². The summed E-state index contributed by atoms with van der Waals surface area (Å²) in [7, 11) is 0. The number of nitriles is 1. The monoisotopic (exact) mass is 206 g/mol. The lowest BCUT2D eigenvalue weighted by Crippen LogP contribution is -2.33. The van der Waals surface area contributed by atoms with Crippen LogP contribution in [0.2, 0.25) is 0 Å². The molecule has 1 aromatic rings. The highest BCUT2D eigenvalue weighted by Crippen LogP contribution is 2.07. The number of hydrogen-bond donors (Lipinski definition) is 2. The molecule has 1 rings (SSSR count). The summed E-state index contributed by atoms with van der Waals surface area (Å²) in [6, 6.07) is 4.18. The molecule has 1 heterocycles. The third-order valence-corrected chi connectivity index (χ3v) is 2.62. The van der Waals surface area contributed by atoms with Crippen LogP contribution in [0.4, 0.5) is 0 Å². The first-order valence-corrected chi connectivity index (χ1v) is 5.31. The highest BCUT2D eigenvalue weighted by molar-refractivity contribution is 5.07. The Labute approximate surface area is 90.7 Å². The van der Waals surface area contributed by atoms with Crippen LogP contribution in [0.1, 0.15) is 31.7 Å². The average Bonchev–Trinajstić information content (AvgIpc) is 2.64. The van der Waals surface area contributed by atoms with E-state index in [2.05, 4.69) is 35.4 Å². The Kier molecular flexibility index (Phi) is 4.32. The maximum absolute atomic E-state index is 8.97. The van der Waals surface area contributed by atoms with Crippen LogP contribution >= 0.6 is 0 Å². The van der Waals surface area contributed by atoms with Crippen LogP contribution in [0, 0.1) is 24.2 Å². The molecule has 1 aromatic heterocycles. The van der Waals surface area contributed by atoms with Crippen molar-refractivity contribution in [1.82, 2.24) is 15.5 Å². The predicted molar refractivity (Wildman–Crippen MR) is 59.0 cm³/mol. The minimum absolute atomic E-state index is 0.0846. The van der Waals surface area contributed by atoms with Crippen molar-refractivity contribution in [3.05, 3.63) is 17.5 Å². The van der Waals surface area contributed by atoms with E-state index in [0.717, 1.165) is 17.8 Å². The smallest absolute Gasteiger partial charge is 0.0981 e. The van der Waals surface area contributed by atoms with E-state index in [9.17, 15) is 0 Å². The Balaban J connectivity index is 2.45. The van der Waals surface area contributed by atoms with Gasteiger partial charge in [0, 0.05) is 12.2 Å². The van der Waals surface area contributed by atoms with Gasteiger partial charge in [-0.2, -0.15) is 10.4 Å². The summed E-state index contributed by atoms with van der Waals surface area (Å²) >= 11 is 0. The van der Waals surface area contributed by atoms with E-state index in [-0.39, 0.29) is 6.04 Å². The van der Waals surface area contributed by atoms with Crippen molar-refractivity contribution < 1.29 is 0 Å². The van der Waals surface area contributed by atoms with Crippen LogP contribution in [-0.4, -0.2) is 16.2 Å². The van der Waals surface area contributed by atoms with Gasteiger partial charge < -0.3 is 0 Å². The Bertz CT molecular complexity index is 337. The molecule has 82 valence electrons. The number of aromatic amines is 1. The molecule has 2 unspecified atom stereocenters. The summed E-state index contributed by atoms with van der Waals surface area (Å²) < 4.78 is 0. The first-order chi connectivity index (χ1) is 7.17. The Morgan fingerprint density at radius 3 is 2.87 bits per heavy atom. The van der Waals surface area contributed by atoms with Crippen LogP contribution in [-0.2, 0) is 6.54 Å². The van der Waals surface area contributed by atoms with E-state index >= 15 is 0 Å². The molecule has 0 saturated carbocycles. The third kappa shape index (κ3) is 3.37. The van der Waals surface area contributed by atoms with Crippen molar-refractivity contribution in [2.45, 2.75) is 39.8 Å². The maximum Gasteiger partial charge on any atom is 0.0981 e. The van der Waals surface area contributed by atoms with Gasteiger partial charge in [-0.15, -0.1) is 0 Å². The van der Waals surface area contributed by atoms with Crippen molar-refractivity contribution in [1.29, 1.82) is 5.26 Å². The minimum atomic E-state index is -0.0846. The standard InChI is InChI=1S/C11H18N4/c1-4-8(2)11(6-12)13-7-10-5-9(3)14-15-10/h5,8,11,13H,4,7H2,1-3H3,(H,14,15). The van der Waals surface area contributed by atoms with Gasteiger partial charge in [-0.25, -0.2) is 0 Å². The number of nitrogens with one attached hydrogen (secondary N) is 2. The molecular weight excluding hydrogens is 188 g/mol. The van der Waals surface area contributed by atoms with Crippen LogP contribution in [0.3, 0.4) is 0 Å². The zero-order valence-corrected chi connectivity index (χ0v) is 9.54. The molecule has 0 spiro atoms. The van der Waals surface area contributed by atoms with Crippen LogP contribution in [0.15, 0.2) is 6.07 Å². The van der Waals surface area contributed by atoms with E-state index in [4.69, 9.17) is 5.26 Å². The van der Waals surface area contributed by atoms with Crippen LogP contribution in [0.5, 0.6) is 0 Å². The van der Waals surface area contributed by atoms with E-state index in [1.807, 2.05) is 13.0 Å². The number of rotatable bonds is 5. The molecular formula is C11H18N4. The van der Waals surface area contributed by atoms with Crippen molar-refractivity contribution in [3.63, 3.8) is 0 Å². The fourth-order valence-electron chi connectivity index (χ4n) is 1.40. The molecule has 4 heteroatoms. The summed E-state index contributed by atoms with van der Waals surface area (Å²) in [6.07, 6.45) is 1.01. The molecule has 0 aliphatic heterocycles. The number of aromatic nitrogens is 2. The molecule has 0 aromatic carbocycles. The number of nitrogens with zero attached hydrogens (tertiary/aromatic N) is 2. The average molecular weight is 206 g/mol. The van der Waals surface area contributed by atoms with Gasteiger partial charge in [0.1, 0.15) is 0 Å². The molecule has 0 bridgehead atoms. The summed E-state index contributed by atoms with van der Waals surface area (Å²) in [5.41, 5.74) is 2.00. The second-order valence-corrected chi connectivity index (χ2v) is 3.91. The fourth-order valence-corrected chi connectivity index (χ4v) is 1.40. The SMILES string of the molecule is CCC(C)C(C#N)NCc1cc(C)n[nH]1. The molecule has 4 nitrogen and oxygen atoms in total. The molecule has 0 aliphatic carbocycles. The predicted octanol–water partition coefficient (Wildman–Crippen LogP) is 1.75. The van der Waals surface area contributed by atoms with Gasteiger partial charge >= 0.3 is 0 Å². The van der Waals surface area contributed by atoms with E-state index in [0.29, 0.717) is 12.5 Å². The number of H-pyrrole nitrogens is 1. The summed E-state index contributed by atoms with van der Waals surface area (Å²) in [4.78, 5) is 0. The Morgan fingerprint density at radius 2 is 2.40 bits per heavy atom. The highest BCUT2D eigenvalue weighted by atomic mass is 15.1. The Morgan fingerprint density at radius 1 is 1.67 bits per heavy atom. The molecule has 0 saturated heterocycles. The van der Waals surface area contributed by atoms with Gasteiger partial charge in [-0.3, -0.25) is 10.4 Å². The maximum atomic E-state index is 8.97. The fraction of sp³-hybridized carbons (Fsp3) is 0.636. The van der Waals surface area contributed by atoms with Gasteiger partial charge in [0.15, 0.2) is 0 Å². The van der Waals surface area contributed by atoms with Gasteiger partial charge in [-0.1, -0.05) is 20.3 Å². The number of hydrogen-bond acceptors (Lipinski definition) is 3. The lowest BCUT2D eigenvalue weighted by Gasteiger charge is -2.16. The highest BCUT2D eigenvalue weighted by Gasteiger charge is 2.14. The van der Waals surface area contributed by atoms with Crippen molar-refractivity contribution in [2.24, 2.45) is 5.92 Å². The summed E-state index contributed by atoms with van der Waals surface area (Å²) in [6.45, 7) is 6.79. The van der Waals surface area contributed by atoms with Gasteiger partial charge in [0.05, 0.1) is 17.8 Å². The second-order valence-electron chi connectivity index (χ2n) is 3.91. The molecule has 0 aliphatic rings. The molecule has 0 fully saturated rings. The lowest BCUT2D eigenvalue weighted by atomic mass is 10.0. The van der Waals surface area contributed by atoms with Crippen molar-refractivity contribution >= 4 is 0 Å². The first kappa shape index (κ1) is 11.7. The zero-order valence-electron chi connectivity index (χ0n) is 9.54. The van der Waals surface area contributed by atoms with Gasteiger partial charge in [0.25, 0.3) is 0 Å². The first-order valence-electron chi connectivity index (χ1n) is 5.31. The molecule has 15 heavy (non-hydrogen) atoms. The lowest BCUT2D eigenvalue weighted by molar-refractivity contribution is 0.427. The molecule has 2 atom stereocenters. The molecule has 0 radical (unpaired) electrons. The molecule has 2 N–H and O–H groups in total. The molecule has 0 amide bonds. The van der Waals surface area contributed by atoms with Crippen molar-refractivity contribution in [2.75, 3.05) is 0 Å². The van der Waals surface area contributed by atoms with E-state index < -0.39 is 0 Å². The van der Waals surface area contributed by atoms with Gasteiger partial charge in [0.2, 0.25) is 0 Å². The third-order valence-electron chi connectivity index (χ3n) is 2.62. The largest absolute Gasteiger partial charge is 0.296 e.